The van der Waals surface area contributed by atoms with Gasteiger partial charge < -0.3 is 9.52 Å². The highest BCUT2D eigenvalue weighted by atomic mass is 16.3. The van der Waals surface area contributed by atoms with Crippen molar-refractivity contribution in [1.29, 1.82) is 0 Å². The van der Waals surface area contributed by atoms with Gasteiger partial charge in [-0.05, 0) is 12.8 Å². The molecule has 0 saturated carbocycles. The summed E-state index contributed by atoms with van der Waals surface area (Å²) in [5, 5.41) is 9.68. The number of aliphatic hydroxyl groups excluding tert-OH is 1. The lowest BCUT2D eigenvalue weighted by atomic mass is 9.72. The molecule has 2 nitrogen and oxygen atoms in total. The molecule has 0 saturated heterocycles. The van der Waals surface area contributed by atoms with Crippen LogP contribution in [-0.4, -0.2) is 5.11 Å². The molecule has 13 heavy (non-hydrogen) atoms. The van der Waals surface area contributed by atoms with E-state index in [0.29, 0.717) is 0 Å². The van der Waals surface area contributed by atoms with E-state index in [1.54, 1.807) is 12.5 Å². The molecule has 2 atom stereocenters. The minimum atomic E-state index is -0.359. The van der Waals surface area contributed by atoms with E-state index in [0.717, 1.165) is 24.0 Å². The van der Waals surface area contributed by atoms with Crippen LogP contribution in [0.3, 0.4) is 0 Å². The minimum absolute atomic E-state index is 0.0262. The van der Waals surface area contributed by atoms with Crippen molar-refractivity contribution in [3.63, 3.8) is 0 Å². The third kappa shape index (κ3) is 1.13. The number of allylic oxidation sites excluding steroid dienone is 1. The maximum atomic E-state index is 9.68. The van der Waals surface area contributed by atoms with Gasteiger partial charge >= 0.3 is 0 Å². The first kappa shape index (κ1) is 8.57. The minimum Gasteiger partial charge on any atom is -0.472 e. The van der Waals surface area contributed by atoms with Crippen molar-refractivity contribution in [3.8, 4) is 0 Å². The maximum Gasteiger partial charge on any atom is 0.0963 e. The molecule has 0 fully saturated rings. The first-order chi connectivity index (χ1) is 6.17. The van der Waals surface area contributed by atoms with Crippen molar-refractivity contribution in [3.05, 3.63) is 36.3 Å². The van der Waals surface area contributed by atoms with E-state index in [2.05, 4.69) is 13.5 Å². The summed E-state index contributed by atoms with van der Waals surface area (Å²) in [4.78, 5) is 0. The molecular formula is C11H14O2. The van der Waals surface area contributed by atoms with Crippen LogP contribution in [0.5, 0.6) is 0 Å². The standard InChI is InChI=1S/C11H14O2/c1-3-11(2)5-4-10(12)8-6-13-7-9(8)11/h3,6-7,10,12H,1,4-5H2,2H3. The Kier molecular flexibility index (Phi) is 1.81. The molecule has 0 aliphatic heterocycles. The van der Waals surface area contributed by atoms with Crippen molar-refractivity contribution >= 4 is 0 Å². The summed E-state index contributed by atoms with van der Waals surface area (Å²) in [6, 6.07) is 0. The van der Waals surface area contributed by atoms with Gasteiger partial charge in [0.25, 0.3) is 0 Å². The molecular weight excluding hydrogens is 164 g/mol. The quantitative estimate of drug-likeness (QED) is 0.670. The van der Waals surface area contributed by atoms with Crippen LogP contribution in [0.2, 0.25) is 0 Å². The van der Waals surface area contributed by atoms with Gasteiger partial charge in [0.05, 0.1) is 18.6 Å². The highest BCUT2D eigenvalue weighted by Crippen LogP contribution is 2.42. The van der Waals surface area contributed by atoms with Gasteiger partial charge in [-0.2, -0.15) is 0 Å². The SMILES string of the molecule is C=CC1(C)CCC(O)c2cocc21. The number of aliphatic hydroxyl groups is 1. The van der Waals surface area contributed by atoms with Gasteiger partial charge in [0.2, 0.25) is 0 Å². The van der Waals surface area contributed by atoms with Crippen LogP contribution in [0.4, 0.5) is 0 Å². The molecule has 0 amide bonds. The largest absolute Gasteiger partial charge is 0.472 e. The second-order valence-corrected chi connectivity index (χ2v) is 3.92. The van der Waals surface area contributed by atoms with Crippen LogP contribution in [0.25, 0.3) is 0 Å². The van der Waals surface area contributed by atoms with Crippen LogP contribution in [0.15, 0.2) is 29.6 Å². The molecule has 1 aliphatic carbocycles. The summed E-state index contributed by atoms with van der Waals surface area (Å²) in [6.07, 6.45) is 6.66. The van der Waals surface area contributed by atoms with E-state index in [9.17, 15) is 5.11 Å². The predicted octanol–water partition coefficient (Wildman–Crippen LogP) is 2.55. The summed E-state index contributed by atoms with van der Waals surface area (Å²) in [5.74, 6) is 0. The third-order valence-electron chi connectivity index (χ3n) is 3.05. The lowest BCUT2D eigenvalue weighted by Gasteiger charge is -2.32. The Morgan fingerprint density at radius 3 is 3.15 bits per heavy atom. The second kappa shape index (κ2) is 2.74. The molecule has 0 bridgehead atoms. The van der Waals surface area contributed by atoms with E-state index >= 15 is 0 Å². The molecule has 70 valence electrons. The van der Waals surface area contributed by atoms with Gasteiger partial charge in [-0.3, -0.25) is 0 Å². The first-order valence-electron chi connectivity index (χ1n) is 4.55. The fraction of sp³-hybridized carbons (Fsp3) is 0.455. The van der Waals surface area contributed by atoms with Crippen molar-refractivity contribution in [1.82, 2.24) is 0 Å². The normalized spacial score (nSPS) is 32.6. The Morgan fingerprint density at radius 1 is 1.69 bits per heavy atom. The molecule has 0 spiro atoms. The molecule has 1 heterocycles. The van der Waals surface area contributed by atoms with Gasteiger partial charge in [-0.1, -0.05) is 13.0 Å². The predicted molar refractivity (Wildman–Crippen MR) is 50.5 cm³/mol. The number of hydrogen-bond acceptors (Lipinski definition) is 2. The maximum absolute atomic E-state index is 9.68. The molecule has 0 radical (unpaired) electrons. The third-order valence-corrected chi connectivity index (χ3v) is 3.05. The summed E-state index contributed by atoms with van der Waals surface area (Å²) in [5.41, 5.74) is 1.98. The number of furan rings is 1. The van der Waals surface area contributed by atoms with E-state index in [1.807, 2.05) is 6.08 Å². The van der Waals surface area contributed by atoms with E-state index in [1.165, 1.54) is 0 Å². The van der Waals surface area contributed by atoms with Gasteiger partial charge in [0.1, 0.15) is 0 Å². The smallest absolute Gasteiger partial charge is 0.0963 e. The van der Waals surface area contributed by atoms with Gasteiger partial charge in [0.15, 0.2) is 0 Å². The van der Waals surface area contributed by atoms with Crippen molar-refractivity contribution in [2.24, 2.45) is 0 Å². The zero-order valence-corrected chi connectivity index (χ0v) is 7.79. The molecule has 1 aliphatic rings. The van der Waals surface area contributed by atoms with Gasteiger partial charge in [0, 0.05) is 16.5 Å². The zero-order valence-electron chi connectivity index (χ0n) is 7.79. The monoisotopic (exact) mass is 178 g/mol. The highest BCUT2D eigenvalue weighted by Gasteiger charge is 2.34. The van der Waals surface area contributed by atoms with Gasteiger partial charge in [-0.25, -0.2) is 0 Å². The first-order valence-corrected chi connectivity index (χ1v) is 4.55. The summed E-state index contributed by atoms with van der Waals surface area (Å²) < 4.78 is 5.13. The van der Waals surface area contributed by atoms with Crippen LogP contribution in [0.1, 0.15) is 37.0 Å². The van der Waals surface area contributed by atoms with Crippen molar-refractivity contribution in [2.45, 2.75) is 31.3 Å². The van der Waals surface area contributed by atoms with E-state index < -0.39 is 0 Å². The Labute approximate surface area is 77.9 Å². The Hall–Kier alpha value is -1.02. The highest BCUT2D eigenvalue weighted by molar-refractivity contribution is 5.37. The van der Waals surface area contributed by atoms with Crippen LogP contribution in [-0.2, 0) is 5.41 Å². The van der Waals surface area contributed by atoms with Crippen molar-refractivity contribution < 1.29 is 9.52 Å². The Balaban J connectivity index is 2.52. The molecule has 1 aromatic heterocycles. The number of hydrogen-bond donors (Lipinski definition) is 1. The van der Waals surface area contributed by atoms with Crippen molar-refractivity contribution in [2.75, 3.05) is 0 Å². The van der Waals surface area contributed by atoms with E-state index in [4.69, 9.17) is 4.42 Å². The van der Waals surface area contributed by atoms with Gasteiger partial charge in [-0.15, -0.1) is 6.58 Å². The van der Waals surface area contributed by atoms with E-state index in [-0.39, 0.29) is 11.5 Å². The van der Waals surface area contributed by atoms with Crippen LogP contribution < -0.4 is 0 Å². The topological polar surface area (TPSA) is 33.4 Å². The average molecular weight is 178 g/mol. The molecule has 2 rings (SSSR count). The van der Waals surface area contributed by atoms with Crippen LogP contribution in [0, 0.1) is 0 Å². The number of fused-ring (bicyclic) bond motifs is 1. The van der Waals surface area contributed by atoms with Crippen LogP contribution >= 0.6 is 0 Å². The molecule has 1 aromatic rings. The molecule has 0 aromatic carbocycles. The molecule has 1 N–H and O–H groups in total. The lowest BCUT2D eigenvalue weighted by molar-refractivity contribution is 0.144. The summed E-state index contributed by atoms with van der Waals surface area (Å²) >= 11 is 0. The fourth-order valence-electron chi connectivity index (χ4n) is 1.97. The lowest BCUT2D eigenvalue weighted by Crippen LogP contribution is -2.25. The zero-order chi connectivity index (χ0) is 9.47. The summed E-state index contributed by atoms with van der Waals surface area (Å²) in [6.45, 7) is 5.96. The molecule has 2 heteroatoms. The summed E-state index contributed by atoms with van der Waals surface area (Å²) in [7, 11) is 0. The number of rotatable bonds is 1. The second-order valence-electron chi connectivity index (χ2n) is 3.92. The Bertz CT molecular complexity index is 327. The average Bonchev–Trinajstić information content (AvgIpc) is 2.62. The fourth-order valence-corrected chi connectivity index (χ4v) is 1.97. The Morgan fingerprint density at radius 2 is 2.46 bits per heavy atom. The molecule has 2 unspecified atom stereocenters.